The smallest absolute Gasteiger partial charge is 0.251 e. The monoisotopic (exact) mass is 430 g/mol. The zero-order valence-corrected chi connectivity index (χ0v) is 18.9. The van der Waals surface area contributed by atoms with Crippen molar-refractivity contribution in [3.8, 4) is 0 Å². The molecule has 2 aromatic rings. The van der Waals surface area contributed by atoms with Crippen molar-refractivity contribution in [1.29, 1.82) is 0 Å². The molecular formula is C23H30N2O4S. The highest BCUT2D eigenvalue weighted by atomic mass is 32.2. The molecule has 0 aliphatic carbocycles. The molecule has 162 valence electrons. The topological polar surface area (TPSA) is 75.7 Å². The van der Waals surface area contributed by atoms with E-state index in [0.717, 1.165) is 16.7 Å². The predicted octanol–water partition coefficient (Wildman–Crippen LogP) is 3.38. The number of morpholine rings is 1. The highest BCUT2D eigenvalue weighted by Crippen LogP contribution is 2.24. The summed E-state index contributed by atoms with van der Waals surface area (Å²) in [6.45, 7) is 9.30. The number of ether oxygens (including phenoxy) is 1. The first-order valence-electron chi connectivity index (χ1n) is 10.3. The van der Waals surface area contributed by atoms with Crippen LogP contribution in [0.3, 0.4) is 0 Å². The quantitative estimate of drug-likeness (QED) is 0.762. The van der Waals surface area contributed by atoms with Crippen molar-refractivity contribution in [2.45, 2.75) is 45.1 Å². The third-order valence-electron chi connectivity index (χ3n) is 5.55. The van der Waals surface area contributed by atoms with Gasteiger partial charge in [0, 0.05) is 18.7 Å². The lowest BCUT2D eigenvalue weighted by atomic mass is 9.99. The number of hydrogen-bond donors (Lipinski definition) is 1. The van der Waals surface area contributed by atoms with Gasteiger partial charge in [0.25, 0.3) is 5.91 Å². The Balaban J connectivity index is 1.88. The standard InChI is InChI=1S/C23H30N2O4S/c1-5-19-8-9-20(15-22(19)30(27,28)25-10-12-29-13-11-25)23(26)24-18(4)21-14-16(2)6-7-17(21)3/h6-9,14-15,18H,5,10-13H2,1-4H3,(H,24,26). The van der Waals surface area contributed by atoms with E-state index in [9.17, 15) is 13.2 Å². The highest BCUT2D eigenvalue weighted by molar-refractivity contribution is 7.89. The van der Waals surface area contributed by atoms with Crippen molar-refractivity contribution >= 4 is 15.9 Å². The van der Waals surface area contributed by atoms with Gasteiger partial charge in [-0.05, 0) is 56.0 Å². The minimum absolute atomic E-state index is 0.192. The summed E-state index contributed by atoms with van der Waals surface area (Å²) in [6, 6.07) is 10.9. The minimum atomic E-state index is -3.68. The molecule has 0 spiro atoms. The molecule has 1 N–H and O–H groups in total. The van der Waals surface area contributed by atoms with Crippen molar-refractivity contribution < 1.29 is 17.9 Å². The fraction of sp³-hybridized carbons (Fsp3) is 0.435. The first-order chi connectivity index (χ1) is 14.2. The Morgan fingerprint density at radius 2 is 1.83 bits per heavy atom. The first-order valence-corrected chi connectivity index (χ1v) is 11.8. The number of aryl methyl sites for hydroxylation is 3. The van der Waals surface area contributed by atoms with Crippen molar-refractivity contribution in [2.75, 3.05) is 26.3 Å². The van der Waals surface area contributed by atoms with Gasteiger partial charge in [0.05, 0.1) is 24.2 Å². The Morgan fingerprint density at radius 3 is 2.50 bits per heavy atom. The normalized spacial score (nSPS) is 16.3. The molecule has 6 nitrogen and oxygen atoms in total. The maximum absolute atomic E-state index is 13.2. The van der Waals surface area contributed by atoms with E-state index < -0.39 is 10.0 Å². The van der Waals surface area contributed by atoms with Crippen LogP contribution in [0.25, 0.3) is 0 Å². The van der Waals surface area contributed by atoms with Gasteiger partial charge < -0.3 is 10.1 Å². The first kappa shape index (κ1) is 22.5. The summed E-state index contributed by atoms with van der Waals surface area (Å²) in [4.78, 5) is 13.1. The second-order valence-corrected chi connectivity index (χ2v) is 9.65. The molecule has 1 saturated heterocycles. The minimum Gasteiger partial charge on any atom is -0.379 e. The summed E-state index contributed by atoms with van der Waals surface area (Å²) < 4.78 is 33.1. The summed E-state index contributed by atoms with van der Waals surface area (Å²) in [5, 5.41) is 3.01. The van der Waals surface area contributed by atoms with Crippen molar-refractivity contribution in [3.05, 3.63) is 64.2 Å². The van der Waals surface area contributed by atoms with Crippen molar-refractivity contribution in [2.24, 2.45) is 0 Å². The molecule has 1 heterocycles. The van der Waals surface area contributed by atoms with Crippen molar-refractivity contribution in [1.82, 2.24) is 9.62 Å². The molecule has 0 radical (unpaired) electrons. The molecule has 3 rings (SSSR count). The largest absolute Gasteiger partial charge is 0.379 e. The molecule has 1 aliphatic rings. The molecule has 0 aromatic heterocycles. The van der Waals surface area contributed by atoms with Gasteiger partial charge in [0.2, 0.25) is 10.0 Å². The fourth-order valence-corrected chi connectivity index (χ4v) is 5.47. The number of carbonyl (C=O) groups is 1. The van der Waals surface area contributed by atoms with E-state index in [1.165, 1.54) is 10.4 Å². The van der Waals surface area contributed by atoms with Gasteiger partial charge in [0.1, 0.15) is 0 Å². The number of nitrogens with zero attached hydrogens (tertiary/aromatic N) is 1. The van der Waals surface area contributed by atoms with Crippen LogP contribution in [0.5, 0.6) is 0 Å². The van der Waals surface area contributed by atoms with Gasteiger partial charge in [0.15, 0.2) is 0 Å². The number of carbonyl (C=O) groups excluding carboxylic acids is 1. The lowest BCUT2D eigenvalue weighted by Crippen LogP contribution is -2.41. The lowest BCUT2D eigenvalue weighted by molar-refractivity contribution is 0.0730. The third-order valence-corrected chi connectivity index (χ3v) is 7.53. The summed E-state index contributed by atoms with van der Waals surface area (Å²) in [6.07, 6.45) is 0.569. The lowest BCUT2D eigenvalue weighted by Gasteiger charge is -2.27. The van der Waals surface area contributed by atoms with Gasteiger partial charge in [-0.25, -0.2) is 8.42 Å². The van der Waals surface area contributed by atoms with E-state index in [1.807, 2.05) is 39.8 Å². The summed E-state index contributed by atoms with van der Waals surface area (Å²) in [7, 11) is -3.68. The zero-order valence-electron chi connectivity index (χ0n) is 18.1. The fourth-order valence-electron chi connectivity index (χ4n) is 3.74. The maximum atomic E-state index is 13.2. The number of benzene rings is 2. The van der Waals surface area contributed by atoms with Crippen molar-refractivity contribution in [3.63, 3.8) is 0 Å². The zero-order chi connectivity index (χ0) is 21.9. The summed E-state index contributed by atoms with van der Waals surface area (Å²) in [5.41, 5.74) is 4.33. The Labute approximate surface area is 179 Å². The second-order valence-electron chi connectivity index (χ2n) is 7.75. The molecule has 2 aromatic carbocycles. The van der Waals surface area contributed by atoms with E-state index in [1.54, 1.807) is 12.1 Å². The highest BCUT2D eigenvalue weighted by Gasteiger charge is 2.29. The number of amides is 1. The van der Waals surface area contributed by atoms with E-state index in [4.69, 9.17) is 4.74 Å². The third kappa shape index (κ3) is 4.74. The average Bonchev–Trinajstić information content (AvgIpc) is 2.75. The Kier molecular flexibility index (Phi) is 6.95. The van der Waals surface area contributed by atoms with E-state index >= 15 is 0 Å². The maximum Gasteiger partial charge on any atom is 0.251 e. The van der Waals surface area contributed by atoms with Crippen LogP contribution in [0.15, 0.2) is 41.3 Å². The molecule has 0 saturated carbocycles. The van der Waals surface area contributed by atoms with Crippen LogP contribution in [0.4, 0.5) is 0 Å². The SMILES string of the molecule is CCc1ccc(C(=O)NC(C)c2cc(C)ccc2C)cc1S(=O)(=O)N1CCOCC1. The average molecular weight is 431 g/mol. The van der Waals surface area contributed by atoms with Gasteiger partial charge >= 0.3 is 0 Å². The van der Waals surface area contributed by atoms with Gasteiger partial charge in [-0.15, -0.1) is 0 Å². The van der Waals surface area contributed by atoms with Crippen LogP contribution in [-0.4, -0.2) is 44.9 Å². The Hall–Kier alpha value is -2.22. The molecule has 7 heteroatoms. The predicted molar refractivity (Wildman–Crippen MR) is 117 cm³/mol. The van der Waals surface area contributed by atoms with Gasteiger partial charge in [-0.1, -0.05) is 36.8 Å². The van der Waals surface area contributed by atoms with Crippen LogP contribution < -0.4 is 5.32 Å². The number of nitrogens with one attached hydrogen (secondary N) is 1. The molecule has 30 heavy (non-hydrogen) atoms. The molecule has 1 unspecified atom stereocenters. The van der Waals surface area contributed by atoms with E-state index in [2.05, 4.69) is 11.4 Å². The van der Waals surface area contributed by atoms with Crippen LogP contribution in [-0.2, 0) is 21.2 Å². The molecule has 1 fully saturated rings. The van der Waals surface area contributed by atoms with Gasteiger partial charge in [-0.3, -0.25) is 4.79 Å². The van der Waals surface area contributed by atoms with Crippen LogP contribution in [0, 0.1) is 13.8 Å². The summed E-state index contributed by atoms with van der Waals surface area (Å²) in [5.74, 6) is -0.288. The van der Waals surface area contributed by atoms with E-state index in [-0.39, 0.29) is 16.8 Å². The number of sulfonamides is 1. The summed E-state index contributed by atoms with van der Waals surface area (Å²) >= 11 is 0. The van der Waals surface area contributed by atoms with Crippen LogP contribution in [0.2, 0.25) is 0 Å². The van der Waals surface area contributed by atoms with Gasteiger partial charge in [-0.2, -0.15) is 4.31 Å². The van der Waals surface area contributed by atoms with E-state index in [0.29, 0.717) is 43.9 Å². The molecule has 1 aliphatic heterocycles. The number of rotatable bonds is 6. The number of hydrogen-bond acceptors (Lipinski definition) is 4. The molecule has 0 bridgehead atoms. The Bertz CT molecular complexity index is 1030. The molecule has 1 atom stereocenters. The van der Waals surface area contributed by atoms with Crippen LogP contribution in [0.1, 0.15) is 52.5 Å². The molecular weight excluding hydrogens is 400 g/mol. The molecule has 1 amide bonds. The second kappa shape index (κ2) is 9.29. The Morgan fingerprint density at radius 1 is 1.13 bits per heavy atom. The van der Waals surface area contributed by atoms with Crippen LogP contribution >= 0.6 is 0 Å².